The molecule has 3 heteroatoms. The highest BCUT2D eigenvalue weighted by molar-refractivity contribution is 7.11. The molecule has 134 valence electrons. The molecule has 0 saturated carbocycles. The molecule has 0 aliphatic heterocycles. The fourth-order valence-electron chi connectivity index (χ4n) is 3.06. The van der Waals surface area contributed by atoms with Crippen molar-refractivity contribution >= 4 is 23.0 Å². The van der Waals surface area contributed by atoms with Crippen LogP contribution < -0.4 is 0 Å². The summed E-state index contributed by atoms with van der Waals surface area (Å²) < 4.78 is 0. The quantitative estimate of drug-likeness (QED) is 0.364. The van der Waals surface area contributed by atoms with Gasteiger partial charge in [0.2, 0.25) is 0 Å². The highest BCUT2D eigenvalue weighted by Crippen LogP contribution is 2.29. The lowest BCUT2D eigenvalue weighted by atomic mass is 10.0. The molecule has 0 atom stereocenters. The minimum Gasteiger partial charge on any atom is -0.235 e. The van der Waals surface area contributed by atoms with E-state index in [1.807, 2.05) is 54.8 Å². The Balaban J connectivity index is 1.61. The van der Waals surface area contributed by atoms with Gasteiger partial charge < -0.3 is 0 Å². The zero-order chi connectivity index (χ0) is 19.3. The second kappa shape index (κ2) is 8.04. The summed E-state index contributed by atoms with van der Waals surface area (Å²) in [4.78, 5) is 4.70. The SMILES string of the molecule is Cc1cccc(/C=C(/C#N)c2nc(-c3ccc(-c4ccccc4)cc3)cs2)c1. The van der Waals surface area contributed by atoms with Gasteiger partial charge in [-0.15, -0.1) is 11.3 Å². The van der Waals surface area contributed by atoms with Crippen LogP contribution in [0, 0.1) is 18.3 Å². The van der Waals surface area contributed by atoms with Gasteiger partial charge in [0.05, 0.1) is 11.3 Å². The van der Waals surface area contributed by atoms with E-state index in [4.69, 9.17) is 4.98 Å². The average Bonchev–Trinajstić information content (AvgIpc) is 3.23. The number of benzene rings is 3. The first-order valence-corrected chi connectivity index (χ1v) is 9.91. The second-order valence-corrected chi connectivity index (χ2v) is 7.42. The lowest BCUT2D eigenvalue weighted by Crippen LogP contribution is -1.84. The standard InChI is InChI=1S/C25H18N2S/c1-18-6-5-7-19(14-18)15-23(16-26)25-27-24(17-28-25)22-12-10-21(11-13-22)20-8-3-2-4-9-20/h2-15,17H,1H3/b23-15-. The van der Waals surface area contributed by atoms with Crippen LogP contribution >= 0.6 is 11.3 Å². The molecular formula is C25H18N2S. The fraction of sp³-hybridized carbons (Fsp3) is 0.0400. The van der Waals surface area contributed by atoms with Crippen LogP contribution in [0.3, 0.4) is 0 Å². The third-order valence-corrected chi connectivity index (χ3v) is 5.37. The molecule has 3 aromatic carbocycles. The molecule has 1 heterocycles. The van der Waals surface area contributed by atoms with Crippen LogP contribution in [-0.4, -0.2) is 4.98 Å². The second-order valence-electron chi connectivity index (χ2n) is 6.57. The number of hydrogen-bond acceptors (Lipinski definition) is 3. The van der Waals surface area contributed by atoms with Crippen molar-refractivity contribution in [2.45, 2.75) is 6.92 Å². The van der Waals surface area contributed by atoms with Crippen molar-refractivity contribution in [3.8, 4) is 28.5 Å². The largest absolute Gasteiger partial charge is 0.235 e. The maximum atomic E-state index is 9.60. The summed E-state index contributed by atoms with van der Waals surface area (Å²) in [6.45, 7) is 2.05. The molecule has 0 radical (unpaired) electrons. The minimum atomic E-state index is 0.586. The van der Waals surface area contributed by atoms with E-state index >= 15 is 0 Å². The normalized spacial score (nSPS) is 11.2. The molecule has 0 aliphatic rings. The number of aromatic nitrogens is 1. The molecule has 0 aliphatic carbocycles. The molecule has 28 heavy (non-hydrogen) atoms. The number of thiazole rings is 1. The van der Waals surface area contributed by atoms with Crippen LogP contribution in [0.25, 0.3) is 34.0 Å². The van der Waals surface area contributed by atoms with Gasteiger partial charge in [-0.1, -0.05) is 84.4 Å². The van der Waals surface area contributed by atoms with Crippen molar-refractivity contribution in [3.63, 3.8) is 0 Å². The predicted octanol–water partition coefficient (Wildman–Crippen LogP) is 6.85. The smallest absolute Gasteiger partial charge is 0.134 e. The number of hydrogen-bond donors (Lipinski definition) is 0. The van der Waals surface area contributed by atoms with Gasteiger partial charge in [0.25, 0.3) is 0 Å². The number of nitriles is 1. The van der Waals surface area contributed by atoms with E-state index in [1.165, 1.54) is 28.0 Å². The van der Waals surface area contributed by atoms with Gasteiger partial charge in [-0.05, 0) is 29.7 Å². The zero-order valence-electron chi connectivity index (χ0n) is 15.5. The van der Waals surface area contributed by atoms with Crippen LogP contribution in [0.1, 0.15) is 16.1 Å². The van der Waals surface area contributed by atoms with Gasteiger partial charge in [-0.2, -0.15) is 5.26 Å². The van der Waals surface area contributed by atoms with E-state index in [2.05, 4.69) is 48.5 Å². The summed E-state index contributed by atoms with van der Waals surface area (Å²) >= 11 is 1.50. The van der Waals surface area contributed by atoms with Gasteiger partial charge >= 0.3 is 0 Å². The Hall–Kier alpha value is -3.48. The molecule has 0 amide bonds. The summed E-state index contributed by atoms with van der Waals surface area (Å²) in [5.74, 6) is 0. The van der Waals surface area contributed by atoms with Gasteiger partial charge in [-0.25, -0.2) is 4.98 Å². The molecule has 0 N–H and O–H groups in total. The Morgan fingerprint density at radius 3 is 2.32 bits per heavy atom. The first kappa shape index (κ1) is 17.9. The third kappa shape index (κ3) is 3.93. The maximum absolute atomic E-state index is 9.60. The molecule has 1 aromatic heterocycles. The highest BCUT2D eigenvalue weighted by Gasteiger charge is 2.09. The molecule has 0 spiro atoms. The Morgan fingerprint density at radius 2 is 1.61 bits per heavy atom. The van der Waals surface area contributed by atoms with Crippen molar-refractivity contribution in [2.75, 3.05) is 0 Å². The van der Waals surface area contributed by atoms with Crippen molar-refractivity contribution in [1.82, 2.24) is 4.98 Å². The maximum Gasteiger partial charge on any atom is 0.134 e. The predicted molar refractivity (Wildman–Crippen MR) is 118 cm³/mol. The molecule has 0 saturated heterocycles. The Kier molecular flexibility index (Phi) is 5.14. The van der Waals surface area contributed by atoms with Gasteiger partial charge in [0.1, 0.15) is 11.1 Å². The first-order valence-electron chi connectivity index (χ1n) is 9.03. The fourth-order valence-corrected chi connectivity index (χ4v) is 3.86. The van der Waals surface area contributed by atoms with Crippen molar-refractivity contribution in [3.05, 3.63) is 100 Å². The summed E-state index contributed by atoms with van der Waals surface area (Å²) in [6, 6.07) is 29.1. The van der Waals surface area contributed by atoms with Crippen LogP contribution in [0.4, 0.5) is 0 Å². The molecule has 4 aromatic rings. The lowest BCUT2D eigenvalue weighted by molar-refractivity contribution is 1.37. The Morgan fingerprint density at radius 1 is 0.893 bits per heavy atom. The molecule has 0 fully saturated rings. The average molecular weight is 378 g/mol. The van der Waals surface area contributed by atoms with Gasteiger partial charge in [0, 0.05) is 10.9 Å². The van der Waals surface area contributed by atoms with Crippen LogP contribution in [-0.2, 0) is 0 Å². The number of rotatable bonds is 4. The van der Waals surface area contributed by atoms with E-state index in [1.54, 1.807) is 0 Å². The van der Waals surface area contributed by atoms with Crippen LogP contribution in [0.15, 0.2) is 84.2 Å². The van der Waals surface area contributed by atoms with E-state index < -0.39 is 0 Å². The van der Waals surface area contributed by atoms with Gasteiger partial charge in [0.15, 0.2) is 0 Å². The zero-order valence-corrected chi connectivity index (χ0v) is 16.3. The third-order valence-electron chi connectivity index (χ3n) is 4.50. The molecule has 4 rings (SSSR count). The van der Waals surface area contributed by atoms with E-state index in [-0.39, 0.29) is 0 Å². The molecular weight excluding hydrogens is 360 g/mol. The van der Waals surface area contributed by atoms with E-state index in [9.17, 15) is 5.26 Å². The molecule has 0 unspecified atom stereocenters. The van der Waals surface area contributed by atoms with Crippen molar-refractivity contribution in [2.24, 2.45) is 0 Å². The van der Waals surface area contributed by atoms with Crippen LogP contribution in [0.2, 0.25) is 0 Å². The van der Waals surface area contributed by atoms with E-state index in [0.717, 1.165) is 21.8 Å². The molecule has 2 nitrogen and oxygen atoms in total. The summed E-state index contributed by atoms with van der Waals surface area (Å²) in [6.07, 6.45) is 1.90. The van der Waals surface area contributed by atoms with E-state index in [0.29, 0.717) is 5.57 Å². The monoisotopic (exact) mass is 378 g/mol. The Bertz CT molecular complexity index is 1160. The van der Waals surface area contributed by atoms with Crippen molar-refractivity contribution < 1.29 is 0 Å². The molecule has 0 bridgehead atoms. The number of nitrogens with zero attached hydrogens (tertiary/aromatic N) is 2. The van der Waals surface area contributed by atoms with Gasteiger partial charge in [-0.3, -0.25) is 0 Å². The summed E-state index contributed by atoms with van der Waals surface area (Å²) in [5, 5.41) is 12.4. The first-order chi connectivity index (χ1) is 13.7. The number of aryl methyl sites for hydroxylation is 1. The topological polar surface area (TPSA) is 36.7 Å². The van der Waals surface area contributed by atoms with Crippen LogP contribution in [0.5, 0.6) is 0 Å². The number of allylic oxidation sites excluding steroid dienone is 1. The summed E-state index contributed by atoms with van der Waals surface area (Å²) in [7, 11) is 0. The minimum absolute atomic E-state index is 0.586. The van der Waals surface area contributed by atoms with Crippen molar-refractivity contribution in [1.29, 1.82) is 5.26 Å². The lowest BCUT2D eigenvalue weighted by Gasteiger charge is -2.03. The Labute approximate surface area is 169 Å². The summed E-state index contributed by atoms with van der Waals surface area (Å²) in [5.41, 5.74) is 7.09. The highest BCUT2D eigenvalue weighted by atomic mass is 32.1.